The van der Waals surface area contributed by atoms with Crippen LogP contribution in [0.4, 0.5) is 0 Å². The number of allylic oxidation sites excluding steroid dienone is 2. The lowest BCUT2D eigenvalue weighted by Gasteiger charge is -2.41. The Balaban J connectivity index is 2.83. The Labute approximate surface area is 137 Å². The molecule has 1 N–H and O–H groups in total. The van der Waals surface area contributed by atoms with Gasteiger partial charge in [0.05, 0.1) is 11.4 Å². The molecule has 0 heterocycles. The molecule has 1 aliphatic carbocycles. The molecule has 5 unspecified atom stereocenters. The van der Waals surface area contributed by atoms with Crippen molar-refractivity contribution in [2.75, 3.05) is 13.4 Å². The molecular weight excluding hydrogens is 300 g/mol. The summed E-state index contributed by atoms with van der Waals surface area (Å²) in [6, 6.07) is 0. The fourth-order valence-electron chi connectivity index (χ4n) is 3.05. The summed E-state index contributed by atoms with van der Waals surface area (Å²) < 4.78 is 5.38. The van der Waals surface area contributed by atoms with Crippen LogP contribution in [0.5, 0.6) is 0 Å². The number of thioether (sulfide) groups is 1. The molecule has 1 aliphatic rings. The minimum Gasteiger partial charge on any atom is -0.390 e. The first kappa shape index (κ1) is 19.4. The first-order chi connectivity index (χ1) is 10.4. The predicted molar refractivity (Wildman–Crippen MR) is 90.1 cm³/mol. The molecular formula is C17H28O4S. The fraction of sp³-hybridized carbons (Fsp3) is 0.765. The molecule has 0 amide bonds. The second-order valence-electron chi connectivity index (χ2n) is 6.06. The smallest absolute Gasteiger partial charge is 0.151 e. The minimum absolute atomic E-state index is 0.144. The van der Waals surface area contributed by atoms with Crippen molar-refractivity contribution >= 4 is 23.3 Å². The summed E-state index contributed by atoms with van der Waals surface area (Å²) in [7, 11) is 1.54. The summed E-state index contributed by atoms with van der Waals surface area (Å²) in [5.74, 6) is -0.0121. The van der Waals surface area contributed by atoms with Crippen LogP contribution in [0.25, 0.3) is 0 Å². The third-order valence-corrected chi connectivity index (χ3v) is 5.59. The van der Waals surface area contributed by atoms with Gasteiger partial charge in [0.2, 0.25) is 0 Å². The number of hydrogen-bond acceptors (Lipinski definition) is 5. The van der Waals surface area contributed by atoms with Gasteiger partial charge in [-0.15, -0.1) is 0 Å². The maximum absolute atomic E-state index is 12.5. The summed E-state index contributed by atoms with van der Waals surface area (Å²) in [5.41, 5.74) is 1.000. The Bertz CT molecular complexity index is 432. The van der Waals surface area contributed by atoms with Crippen LogP contribution in [0.3, 0.4) is 0 Å². The van der Waals surface area contributed by atoms with Crippen molar-refractivity contribution in [3.05, 3.63) is 11.6 Å². The zero-order valence-electron chi connectivity index (χ0n) is 14.2. The van der Waals surface area contributed by atoms with Gasteiger partial charge in [0, 0.05) is 31.8 Å². The van der Waals surface area contributed by atoms with Crippen molar-refractivity contribution in [2.45, 2.75) is 57.5 Å². The van der Waals surface area contributed by atoms with Crippen molar-refractivity contribution in [3.8, 4) is 0 Å². The van der Waals surface area contributed by atoms with Gasteiger partial charge in [-0.1, -0.05) is 25.5 Å². The zero-order chi connectivity index (χ0) is 16.9. The first-order valence-electron chi connectivity index (χ1n) is 7.82. The quantitative estimate of drug-likeness (QED) is 0.728. The van der Waals surface area contributed by atoms with E-state index in [4.69, 9.17) is 4.74 Å². The zero-order valence-corrected chi connectivity index (χ0v) is 15.0. The molecule has 0 bridgehead atoms. The molecule has 0 aromatic rings. The molecule has 22 heavy (non-hydrogen) atoms. The van der Waals surface area contributed by atoms with Gasteiger partial charge in [0.15, 0.2) is 5.78 Å². The van der Waals surface area contributed by atoms with Gasteiger partial charge >= 0.3 is 0 Å². The Hall–Kier alpha value is -0.650. The summed E-state index contributed by atoms with van der Waals surface area (Å²) in [4.78, 5) is 23.9. The minimum atomic E-state index is -0.666. The summed E-state index contributed by atoms with van der Waals surface area (Å²) >= 11 is 1.44. The van der Waals surface area contributed by atoms with Crippen LogP contribution in [0.15, 0.2) is 11.6 Å². The van der Waals surface area contributed by atoms with Crippen molar-refractivity contribution in [2.24, 2.45) is 11.8 Å². The Morgan fingerprint density at radius 2 is 2.09 bits per heavy atom. The number of rotatable bonds is 7. The second kappa shape index (κ2) is 8.85. The number of aliphatic hydroxyl groups excluding tert-OH is 1. The number of ketones is 2. The Kier molecular flexibility index (Phi) is 7.80. The van der Waals surface area contributed by atoms with Crippen LogP contribution in [-0.4, -0.2) is 47.5 Å². The lowest BCUT2D eigenvalue weighted by atomic mass is 9.73. The van der Waals surface area contributed by atoms with Crippen LogP contribution in [0.1, 0.15) is 40.0 Å². The number of ether oxygens (including phenoxy) is 1. The molecule has 0 saturated heterocycles. The van der Waals surface area contributed by atoms with Gasteiger partial charge in [-0.05, 0) is 19.6 Å². The lowest BCUT2D eigenvalue weighted by Crippen LogP contribution is -2.54. The van der Waals surface area contributed by atoms with Crippen molar-refractivity contribution in [3.63, 3.8) is 0 Å². The van der Waals surface area contributed by atoms with Crippen LogP contribution in [0.2, 0.25) is 0 Å². The molecule has 5 atom stereocenters. The second-order valence-corrected chi connectivity index (χ2v) is 7.04. The molecule has 126 valence electrons. The van der Waals surface area contributed by atoms with E-state index in [1.165, 1.54) is 11.8 Å². The number of carbonyl (C=O) groups excluding carboxylic acids is 2. The summed E-state index contributed by atoms with van der Waals surface area (Å²) in [6.45, 7) is 5.66. The molecule has 0 aromatic carbocycles. The topological polar surface area (TPSA) is 63.6 Å². The number of hydrogen-bond donors (Lipinski definition) is 1. The van der Waals surface area contributed by atoms with Crippen LogP contribution < -0.4 is 0 Å². The number of Topliss-reactive ketones (excluding diaryl/α,β-unsaturated/α-hetero) is 2. The number of carbonyl (C=O) groups is 2. The largest absolute Gasteiger partial charge is 0.390 e. The molecule has 1 fully saturated rings. The number of methoxy groups -OCH3 is 1. The van der Waals surface area contributed by atoms with Gasteiger partial charge in [-0.2, -0.15) is 11.8 Å². The Morgan fingerprint density at radius 1 is 1.45 bits per heavy atom. The molecule has 1 rings (SSSR count). The van der Waals surface area contributed by atoms with E-state index in [0.717, 1.165) is 5.57 Å². The molecule has 4 nitrogen and oxygen atoms in total. The summed E-state index contributed by atoms with van der Waals surface area (Å²) in [6.07, 6.45) is 4.30. The van der Waals surface area contributed by atoms with Gasteiger partial charge in [0.25, 0.3) is 0 Å². The maximum atomic E-state index is 12.5. The maximum Gasteiger partial charge on any atom is 0.151 e. The summed E-state index contributed by atoms with van der Waals surface area (Å²) in [5, 5.41) is 10.3. The molecule has 5 heteroatoms. The highest BCUT2D eigenvalue weighted by molar-refractivity contribution is 8.00. The fourth-order valence-corrected chi connectivity index (χ4v) is 4.04. The van der Waals surface area contributed by atoms with Crippen LogP contribution >= 0.6 is 11.8 Å². The predicted octanol–water partition coefficient (Wildman–Crippen LogP) is 2.63. The normalized spacial score (nSPS) is 33.1. The highest BCUT2D eigenvalue weighted by Gasteiger charge is 2.47. The number of aliphatic hydroxyl groups is 1. The van der Waals surface area contributed by atoms with E-state index in [1.807, 2.05) is 33.1 Å². The SMILES string of the molecule is CCC(=O)C/C(C)=C/CC1C(C)C(=O)C(SC)C(OC)C1O. The first-order valence-corrected chi connectivity index (χ1v) is 9.10. The molecule has 0 aliphatic heterocycles. The van der Waals surface area contributed by atoms with E-state index in [9.17, 15) is 14.7 Å². The third-order valence-electron chi connectivity index (χ3n) is 4.58. The van der Waals surface area contributed by atoms with Crippen LogP contribution in [0, 0.1) is 11.8 Å². The van der Waals surface area contributed by atoms with E-state index < -0.39 is 12.2 Å². The van der Waals surface area contributed by atoms with E-state index in [2.05, 4.69) is 0 Å². The average Bonchev–Trinajstić information content (AvgIpc) is 2.50. The van der Waals surface area contributed by atoms with Crippen molar-refractivity contribution < 1.29 is 19.4 Å². The van der Waals surface area contributed by atoms with E-state index >= 15 is 0 Å². The van der Waals surface area contributed by atoms with E-state index in [0.29, 0.717) is 19.3 Å². The van der Waals surface area contributed by atoms with Gasteiger partial charge in [-0.25, -0.2) is 0 Å². The highest BCUT2D eigenvalue weighted by Crippen LogP contribution is 2.36. The van der Waals surface area contributed by atoms with Gasteiger partial charge in [-0.3, -0.25) is 9.59 Å². The monoisotopic (exact) mass is 328 g/mol. The van der Waals surface area contributed by atoms with Crippen molar-refractivity contribution in [1.82, 2.24) is 0 Å². The standard InChI is InChI=1S/C17H28O4S/c1-6-12(18)9-10(2)7-8-13-11(3)14(19)17(22-5)16(21-4)15(13)20/h7,11,13,15-17,20H,6,8-9H2,1-5H3/b10-7+. The van der Waals surface area contributed by atoms with Gasteiger partial charge in [0.1, 0.15) is 11.9 Å². The van der Waals surface area contributed by atoms with E-state index in [1.54, 1.807) is 7.11 Å². The third kappa shape index (κ3) is 4.43. The van der Waals surface area contributed by atoms with Crippen molar-refractivity contribution in [1.29, 1.82) is 0 Å². The molecule has 0 spiro atoms. The molecule has 0 aromatic heterocycles. The molecule has 1 saturated carbocycles. The lowest BCUT2D eigenvalue weighted by molar-refractivity contribution is -0.141. The Morgan fingerprint density at radius 3 is 2.59 bits per heavy atom. The highest BCUT2D eigenvalue weighted by atomic mass is 32.2. The average molecular weight is 328 g/mol. The van der Waals surface area contributed by atoms with Crippen LogP contribution in [-0.2, 0) is 14.3 Å². The van der Waals surface area contributed by atoms with E-state index in [-0.39, 0.29) is 28.7 Å². The molecule has 0 radical (unpaired) electrons. The van der Waals surface area contributed by atoms with Gasteiger partial charge < -0.3 is 9.84 Å².